The number of nitrogens with zero attached hydrogens (tertiary/aromatic N) is 8. The van der Waals surface area contributed by atoms with Crippen LogP contribution in [0.3, 0.4) is 0 Å². The van der Waals surface area contributed by atoms with Crippen molar-refractivity contribution in [1.29, 1.82) is 0 Å². The first-order chi connectivity index (χ1) is 59.2. The second-order valence-electron chi connectivity index (χ2n) is 29.6. The van der Waals surface area contributed by atoms with Crippen LogP contribution >= 0.6 is 46.4 Å². The van der Waals surface area contributed by atoms with E-state index in [1.54, 1.807) is 139 Å². The predicted molar refractivity (Wildman–Crippen MR) is 494 cm³/mol. The number of aromatic nitrogens is 6. The molecule has 3 aromatic heterocycles. The van der Waals surface area contributed by atoms with Gasteiger partial charge in [-0.1, -0.05) is 144 Å². The zero-order valence-corrected chi connectivity index (χ0v) is 76.7. The summed E-state index contributed by atoms with van der Waals surface area (Å²) in [5.74, 6) is 1.24. The number of aryl methyl sites for hydroxylation is 1. The summed E-state index contributed by atoms with van der Waals surface area (Å²) < 4.78 is 15.5. The molecule has 0 saturated carbocycles. The molecule has 0 radical (unpaired) electrons. The largest absolute Gasteiger partial charge is 0.460 e. The molecule has 0 saturated heterocycles. The molecule has 38 heteroatoms. The fourth-order valence-electron chi connectivity index (χ4n) is 10.6. The summed E-state index contributed by atoms with van der Waals surface area (Å²) in [5.41, 5.74) is 25.3. The first-order valence-corrected chi connectivity index (χ1v) is 40.0. The van der Waals surface area contributed by atoms with Gasteiger partial charge in [-0.25, -0.2) is 29.5 Å². The number of halogens is 4. The Balaban J connectivity index is 0.000000329. The van der Waals surface area contributed by atoms with E-state index < -0.39 is 38.8 Å². The van der Waals surface area contributed by atoms with Crippen molar-refractivity contribution in [3.63, 3.8) is 0 Å². The summed E-state index contributed by atoms with van der Waals surface area (Å²) in [7, 11) is 4.72. The zero-order valence-electron chi connectivity index (χ0n) is 72.1. The first-order valence-electron chi connectivity index (χ1n) is 38.5. The number of nitrogen functional groups attached to an aromatic ring is 1. The zero-order chi connectivity index (χ0) is 92.0. The van der Waals surface area contributed by atoms with Gasteiger partial charge in [-0.15, -0.1) is 0 Å². The summed E-state index contributed by atoms with van der Waals surface area (Å²) in [4.78, 5) is 116. The topological polar surface area (TPSA) is 480 Å². The number of nitrogens with two attached hydrogens (primary N) is 3. The monoisotopic (exact) mass is 1910 g/mol. The number of hydrogen-bond donors (Lipinski definition) is 12. The summed E-state index contributed by atoms with van der Waals surface area (Å²) in [5, 5.41) is 47.3. The molecule has 0 bridgehead atoms. The van der Waals surface area contributed by atoms with Gasteiger partial charge in [-0.3, -0.25) is 39.4 Å². The summed E-state index contributed by atoms with van der Waals surface area (Å²) in [6.07, 6.45) is 4.85. The van der Waals surface area contributed by atoms with Gasteiger partial charge in [-0.05, 0) is 174 Å². The second-order valence-corrected chi connectivity index (χ2v) is 31.1. The van der Waals surface area contributed by atoms with Crippen molar-refractivity contribution in [2.45, 2.75) is 125 Å². The number of anilines is 9. The van der Waals surface area contributed by atoms with Gasteiger partial charge in [0, 0.05) is 116 Å². The molecule has 11 aromatic rings. The van der Waals surface area contributed by atoms with Crippen molar-refractivity contribution in [2.75, 3.05) is 48.1 Å². The fraction of sp³-hybridized carbons (Fsp3) is 0.247. The van der Waals surface area contributed by atoms with Gasteiger partial charge in [0.25, 0.3) is 29.1 Å². The van der Waals surface area contributed by atoms with E-state index in [0.717, 1.165) is 33.5 Å². The van der Waals surface area contributed by atoms with E-state index in [2.05, 4.69) is 77.8 Å². The average molecular weight is 1910 g/mol. The maximum absolute atomic E-state index is 12.2. The number of esters is 1. The maximum Gasteiger partial charge on any atom is 0.407 e. The van der Waals surface area contributed by atoms with Crippen LogP contribution in [-0.2, 0) is 78.4 Å². The molecule has 0 spiro atoms. The Kier molecular flexibility index (Phi) is 44.1. The van der Waals surface area contributed by atoms with Crippen molar-refractivity contribution < 1.29 is 73.2 Å². The molecule has 0 fully saturated rings. The van der Waals surface area contributed by atoms with Gasteiger partial charge in [0.05, 0.1) is 62.2 Å². The van der Waals surface area contributed by atoms with Gasteiger partial charge in [0.15, 0.2) is 17.5 Å². The van der Waals surface area contributed by atoms with Crippen molar-refractivity contribution >= 4 is 145 Å². The third-order valence-corrected chi connectivity index (χ3v) is 17.1. The van der Waals surface area contributed by atoms with Crippen LogP contribution < -0.4 is 65.1 Å². The normalized spacial score (nSPS) is 10.4. The molecular formula is C89H103Cl4N20O13Pd-. The number of carbonyl (C=O) groups is 6. The molecule has 0 aliphatic rings. The summed E-state index contributed by atoms with van der Waals surface area (Å²) in [6, 6.07) is 56.6. The van der Waals surface area contributed by atoms with Crippen LogP contribution in [-0.4, -0.2) is 114 Å². The number of hydrogen-bond acceptors (Lipinski definition) is 26. The minimum atomic E-state index is -0.563. The molecule has 0 unspecified atom stereocenters. The number of amides is 5. The minimum Gasteiger partial charge on any atom is -0.460 e. The Morgan fingerprint density at radius 3 is 1.28 bits per heavy atom. The molecule has 676 valence electrons. The van der Waals surface area contributed by atoms with Crippen LogP contribution in [0, 0.1) is 27.7 Å². The molecule has 0 aliphatic heterocycles. The quantitative estimate of drug-likeness (QED) is 0.00391. The maximum atomic E-state index is 12.2. The SMILES string of the molecule is CC(C)(C)OC(=O)NCc1cccc(N)c1.CC(C)(C)OC(=O)NCc1cccc([N+](=O)[O-])c1.CNC(=O)c1ccccc1Nc1nc(Cc2cccc(CN)c2)ncc1Cl.CNC(=O)c1ccccc1Nc1nc(Cl)ncc1Cl.CNC(=O)c1ccccc1Nc1nc(Nc2cccc(CCC(=O)OC(C)(C)C)c2)ncc1Cl.NCc1cccc([N+](=O)[O-])c1.[CH3-].[Pd]. The second kappa shape index (κ2) is 52.7. The van der Waals surface area contributed by atoms with Gasteiger partial charge in [0.2, 0.25) is 11.2 Å². The standard InChI is InChI=1S/C25H28ClN5O3.C20H20ClN5O.C12H10Cl2N4O.C12H16N2O4.C12H18N2O2.C7H8N2O2.CH3.Pd/c1-25(2,3)34-21(32)13-12-16-8-7-9-17(14-16)29-24-28-15-19(26)22(31-24)30-20-11-6-5-10-18(20)23(33)27-4;1-23-20(27)15-7-2-3-8-17(15)25-19-16(21)12-24-18(26-19)10-13-5-4-6-14(9-13)11-22;1-15-11(19)7-4-2-3-5-9(7)17-10-8(13)6-16-12(14)18-10;1-12(2,3)18-11(15)13-8-9-5-4-6-10(7-9)14(16)17;1-12(2,3)16-11(15)14-8-9-5-4-6-10(13)7-9;8-5-6-2-1-3-7(4-6)9(10)11;;/h5-11,14-15H,12-13H2,1-4H3,(H,27,33)(H2,28,29,30,31);2-9,12H,10-11,22H2,1H3,(H,23,27)(H,24,25,26);2-6H,1H3,(H,15,19)(H,16,17,18);4-7H,8H2,1-3H3,(H,13,15);4-7H,8,13H2,1-3H3,(H,14,15);1-4H,5,8H2;1H3;/q;;;;;;-1;. The number of alkyl carbamates (subject to hydrolysis) is 2. The average Bonchev–Trinajstić information content (AvgIpc) is 0.827. The smallest absolute Gasteiger partial charge is 0.407 e. The van der Waals surface area contributed by atoms with E-state index in [1.807, 2.05) is 120 Å². The van der Waals surface area contributed by atoms with Crippen molar-refractivity contribution in [3.8, 4) is 0 Å². The van der Waals surface area contributed by atoms with Crippen LogP contribution in [0.5, 0.6) is 0 Å². The molecule has 8 aromatic carbocycles. The number of para-hydroxylation sites is 3. The van der Waals surface area contributed by atoms with E-state index in [9.17, 15) is 49.0 Å². The van der Waals surface area contributed by atoms with Crippen molar-refractivity contribution in [1.82, 2.24) is 56.5 Å². The van der Waals surface area contributed by atoms with E-state index in [4.69, 9.17) is 77.8 Å². The number of nitro benzene ring substituents is 2. The number of non-ortho nitro benzene ring substituents is 2. The number of carbonyl (C=O) groups excluding carboxylic acids is 6. The van der Waals surface area contributed by atoms with Crippen LogP contribution in [0.4, 0.5) is 72.8 Å². The number of nitrogens with one attached hydrogen (secondary N) is 9. The molecule has 0 aliphatic carbocycles. The predicted octanol–water partition coefficient (Wildman–Crippen LogP) is 17.8. The summed E-state index contributed by atoms with van der Waals surface area (Å²) >= 11 is 24.2. The van der Waals surface area contributed by atoms with Gasteiger partial charge in [-0.2, -0.15) is 9.97 Å². The molecule has 3 heterocycles. The van der Waals surface area contributed by atoms with E-state index in [-0.39, 0.29) is 81.2 Å². The molecule has 15 N–H and O–H groups in total. The van der Waals surface area contributed by atoms with E-state index >= 15 is 0 Å². The minimum absolute atomic E-state index is 0. The number of nitro groups is 2. The number of rotatable bonds is 24. The Morgan fingerprint density at radius 1 is 0.433 bits per heavy atom. The van der Waals surface area contributed by atoms with Crippen LogP contribution in [0.1, 0.15) is 139 Å². The summed E-state index contributed by atoms with van der Waals surface area (Å²) in [6.45, 7) is 17.7. The molecular weight excluding hydrogens is 1810 g/mol. The Hall–Kier alpha value is -13.0. The number of benzene rings is 8. The third kappa shape index (κ3) is 39.0. The Bertz CT molecular complexity index is 5510. The van der Waals surface area contributed by atoms with E-state index in [0.29, 0.717) is 122 Å². The number of ether oxygens (including phenoxy) is 3. The Labute approximate surface area is 771 Å². The van der Waals surface area contributed by atoms with Crippen LogP contribution in [0.15, 0.2) is 213 Å². The molecule has 127 heavy (non-hydrogen) atoms. The Morgan fingerprint density at radius 2 is 0.819 bits per heavy atom. The fourth-order valence-corrected chi connectivity index (χ4v) is 11.1. The molecule has 5 amide bonds. The van der Waals surface area contributed by atoms with Crippen molar-refractivity contribution in [3.05, 3.63) is 317 Å². The van der Waals surface area contributed by atoms with Gasteiger partial charge >= 0.3 is 18.2 Å². The van der Waals surface area contributed by atoms with Crippen molar-refractivity contribution in [2.24, 2.45) is 11.5 Å². The van der Waals surface area contributed by atoms with Gasteiger partial charge in [0.1, 0.15) is 37.7 Å². The first kappa shape index (κ1) is 106. The van der Waals surface area contributed by atoms with E-state index in [1.165, 1.54) is 36.7 Å². The molecule has 11 rings (SSSR count). The third-order valence-electron chi connectivity index (χ3n) is 16.1. The van der Waals surface area contributed by atoms with Gasteiger partial charge < -0.3 is 86.7 Å². The van der Waals surface area contributed by atoms with Crippen LogP contribution in [0.2, 0.25) is 20.4 Å². The van der Waals surface area contributed by atoms with Crippen LogP contribution in [0.25, 0.3) is 0 Å². The molecule has 0 atom stereocenters. The molecule has 33 nitrogen and oxygen atoms in total.